The number of hydrogen-bond donors (Lipinski definition) is 2. The van der Waals surface area contributed by atoms with Gasteiger partial charge in [0.05, 0.1) is 11.9 Å². The molecule has 1 heterocycles. The molecule has 0 amide bonds. The van der Waals surface area contributed by atoms with Crippen molar-refractivity contribution in [3.05, 3.63) is 81.1 Å². The lowest BCUT2D eigenvalue weighted by Crippen LogP contribution is -2.16. The Balaban J connectivity index is 1.93. The minimum Gasteiger partial charge on any atom is -0.290 e. The van der Waals surface area contributed by atoms with Crippen molar-refractivity contribution < 1.29 is 0 Å². The number of nitrogens with zero attached hydrogens (tertiary/aromatic N) is 3. The Morgan fingerprint density at radius 1 is 1.16 bits per heavy atom. The second-order valence-corrected chi connectivity index (χ2v) is 5.41. The van der Waals surface area contributed by atoms with Gasteiger partial charge in [-0.1, -0.05) is 60.1 Å². The fourth-order valence-corrected chi connectivity index (χ4v) is 2.36. The molecule has 3 aromatic rings. The zero-order chi connectivity index (χ0) is 17.6. The number of aromatic nitrogens is 2. The van der Waals surface area contributed by atoms with E-state index in [9.17, 15) is 10.1 Å². The van der Waals surface area contributed by atoms with Crippen molar-refractivity contribution in [3.63, 3.8) is 0 Å². The van der Waals surface area contributed by atoms with Crippen LogP contribution >= 0.6 is 11.6 Å². The van der Waals surface area contributed by atoms with E-state index in [0.29, 0.717) is 16.3 Å². The molecule has 0 radical (unpaired) electrons. The van der Waals surface area contributed by atoms with Crippen LogP contribution in [0.25, 0.3) is 11.3 Å². The number of nitriles is 1. The summed E-state index contributed by atoms with van der Waals surface area (Å²) < 4.78 is 0. The van der Waals surface area contributed by atoms with Gasteiger partial charge in [-0.3, -0.25) is 9.78 Å². The van der Waals surface area contributed by atoms with Crippen LogP contribution in [0.5, 0.6) is 0 Å². The average molecular weight is 350 g/mol. The van der Waals surface area contributed by atoms with Gasteiger partial charge < -0.3 is 0 Å². The number of H-pyrrole nitrogens is 1. The molecule has 122 valence electrons. The van der Waals surface area contributed by atoms with Crippen LogP contribution in [0, 0.1) is 11.3 Å². The predicted molar refractivity (Wildman–Crippen MR) is 97.7 cm³/mol. The molecule has 0 aliphatic rings. The van der Waals surface area contributed by atoms with Gasteiger partial charge in [0, 0.05) is 16.1 Å². The van der Waals surface area contributed by atoms with Crippen molar-refractivity contribution in [1.29, 1.82) is 5.26 Å². The van der Waals surface area contributed by atoms with E-state index in [1.165, 1.54) is 6.21 Å². The molecule has 0 spiro atoms. The number of rotatable bonds is 4. The highest BCUT2D eigenvalue weighted by molar-refractivity contribution is 6.33. The third kappa shape index (κ3) is 3.74. The van der Waals surface area contributed by atoms with Crippen molar-refractivity contribution >= 4 is 23.8 Å². The summed E-state index contributed by atoms with van der Waals surface area (Å²) in [6.07, 6.45) is 1.52. The van der Waals surface area contributed by atoms with Crippen LogP contribution in [0.2, 0.25) is 5.02 Å². The summed E-state index contributed by atoms with van der Waals surface area (Å²) in [5.74, 6) is 0.131. The summed E-state index contributed by atoms with van der Waals surface area (Å²) >= 11 is 6.05. The molecule has 0 unspecified atom stereocenters. The number of benzene rings is 2. The zero-order valence-corrected chi connectivity index (χ0v) is 13.7. The highest BCUT2D eigenvalue weighted by Gasteiger charge is 2.12. The molecule has 0 saturated heterocycles. The number of hydrogen-bond acceptors (Lipinski definition) is 5. The quantitative estimate of drug-likeness (QED) is 0.557. The van der Waals surface area contributed by atoms with Gasteiger partial charge in [0.2, 0.25) is 5.95 Å². The van der Waals surface area contributed by atoms with Crippen LogP contribution in [0.15, 0.2) is 64.5 Å². The Hall–Kier alpha value is -3.43. The van der Waals surface area contributed by atoms with Crippen molar-refractivity contribution in [3.8, 4) is 17.3 Å². The fraction of sp³-hybridized carbons (Fsp3) is 0. The minimum atomic E-state index is -0.535. The first kappa shape index (κ1) is 16.4. The highest BCUT2D eigenvalue weighted by atomic mass is 35.5. The first-order valence-electron chi connectivity index (χ1n) is 7.32. The Morgan fingerprint density at radius 2 is 1.88 bits per heavy atom. The van der Waals surface area contributed by atoms with Crippen LogP contribution < -0.4 is 11.0 Å². The first-order chi connectivity index (χ1) is 12.2. The van der Waals surface area contributed by atoms with Gasteiger partial charge in [0.1, 0.15) is 11.6 Å². The van der Waals surface area contributed by atoms with E-state index in [-0.39, 0.29) is 11.5 Å². The third-order valence-electron chi connectivity index (χ3n) is 3.36. The SMILES string of the molecule is N#Cc1c(-c2ccccc2)nc(NN=Cc2ccccc2Cl)[nH]c1=O. The second-order valence-electron chi connectivity index (χ2n) is 5.01. The summed E-state index contributed by atoms with van der Waals surface area (Å²) in [6.45, 7) is 0. The normalized spacial score (nSPS) is 10.6. The van der Waals surface area contributed by atoms with Gasteiger partial charge in [0.25, 0.3) is 5.56 Å². The lowest BCUT2D eigenvalue weighted by Gasteiger charge is -2.06. The van der Waals surface area contributed by atoms with Gasteiger partial charge in [-0.2, -0.15) is 10.4 Å². The third-order valence-corrected chi connectivity index (χ3v) is 3.70. The molecule has 25 heavy (non-hydrogen) atoms. The largest absolute Gasteiger partial charge is 0.290 e. The summed E-state index contributed by atoms with van der Waals surface area (Å²) in [5.41, 5.74) is 3.75. The van der Waals surface area contributed by atoms with E-state index in [0.717, 1.165) is 5.56 Å². The van der Waals surface area contributed by atoms with Crippen LogP contribution in [-0.2, 0) is 0 Å². The van der Waals surface area contributed by atoms with E-state index >= 15 is 0 Å². The summed E-state index contributed by atoms with van der Waals surface area (Å²) in [6, 6.07) is 18.1. The zero-order valence-electron chi connectivity index (χ0n) is 12.9. The topological polar surface area (TPSA) is 93.9 Å². The van der Waals surface area contributed by atoms with E-state index in [1.54, 1.807) is 24.3 Å². The maximum atomic E-state index is 12.1. The van der Waals surface area contributed by atoms with Crippen LogP contribution in [0.3, 0.4) is 0 Å². The first-order valence-corrected chi connectivity index (χ1v) is 7.70. The van der Waals surface area contributed by atoms with Crippen molar-refractivity contribution in [1.82, 2.24) is 9.97 Å². The van der Waals surface area contributed by atoms with Gasteiger partial charge >= 0.3 is 0 Å². The van der Waals surface area contributed by atoms with Crippen molar-refractivity contribution in [2.75, 3.05) is 5.43 Å². The number of halogens is 1. The minimum absolute atomic E-state index is 0.0492. The number of aromatic amines is 1. The van der Waals surface area contributed by atoms with Crippen LogP contribution in [0.1, 0.15) is 11.1 Å². The molecular weight excluding hydrogens is 338 g/mol. The molecule has 0 fully saturated rings. The molecule has 0 saturated carbocycles. The molecule has 2 aromatic carbocycles. The smallest absolute Gasteiger partial charge is 0.270 e. The number of hydrazone groups is 1. The second kappa shape index (κ2) is 7.43. The molecule has 0 bridgehead atoms. The molecule has 0 aliphatic carbocycles. The fourth-order valence-electron chi connectivity index (χ4n) is 2.18. The van der Waals surface area contributed by atoms with E-state index in [1.807, 2.05) is 36.4 Å². The molecule has 1 aromatic heterocycles. The molecule has 3 rings (SSSR count). The van der Waals surface area contributed by atoms with Crippen LogP contribution in [-0.4, -0.2) is 16.2 Å². The summed E-state index contributed by atoms with van der Waals surface area (Å²) in [7, 11) is 0. The molecule has 0 aliphatic heterocycles. The average Bonchev–Trinajstić information content (AvgIpc) is 2.63. The monoisotopic (exact) mass is 349 g/mol. The number of anilines is 1. The highest BCUT2D eigenvalue weighted by Crippen LogP contribution is 2.19. The van der Waals surface area contributed by atoms with Crippen LogP contribution in [0.4, 0.5) is 5.95 Å². The Morgan fingerprint density at radius 3 is 2.60 bits per heavy atom. The molecular formula is C18H12ClN5O. The molecule has 7 heteroatoms. The van der Waals surface area contributed by atoms with Gasteiger partial charge in [-0.05, 0) is 6.07 Å². The van der Waals surface area contributed by atoms with Crippen molar-refractivity contribution in [2.24, 2.45) is 5.10 Å². The Labute approximate surface area is 148 Å². The summed E-state index contributed by atoms with van der Waals surface area (Å²) in [5, 5.41) is 13.8. The van der Waals surface area contributed by atoms with E-state index in [2.05, 4.69) is 20.5 Å². The lowest BCUT2D eigenvalue weighted by molar-refractivity contribution is 1.08. The number of nitrogens with one attached hydrogen (secondary N) is 2. The lowest BCUT2D eigenvalue weighted by atomic mass is 10.1. The standard InChI is InChI=1S/C18H12ClN5O/c19-15-9-5-4-8-13(15)11-21-24-18-22-16(12-6-2-1-3-7-12)14(10-20)17(25)23-18/h1-9,11H,(H2,22,23,24,25). The predicted octanol–water partition coefficient (Wildman–Crippen LogP) is 3.41. The Kier molecular flexibility index (Phi) is 4.88. The Bertz CT molecular complexity index is 1020. The molecule has 6 nitrogen and oxygen atoms in total. The summed E-state index contributed by atoms with van der Waals surface area (Å²) in [4.78, 5) is 18.9. The molecule has 2 N–H and O–H groups in total. The maximum absolute atomic E-state index is 12.1. The van der Waals surface area contributed by atoms with Gasteiger partial charge in [-0.25, -0.2) is 10.4 Å². The molecule has 0 atom stereocenters. The van der Waals surface area contributed by atoms with E-state index < -0.39 is 5.56 Å². The van der Waals surface area contributed by atoms with Crippen molar-refractivity contribution in [2.45, 2.75) is 0 Å². The van der Waals surface area contributed by atoms with Gasteiger partial charge in [-0.15, -0.1) is 0 Å². The maximum Gasteiger partial charge on any atom is 0.270 e. The van der Waals surface area contributed by atoms with Gasteiger partial charge in [0.15, 0.2) is 0 Å². The van der Waals surface area contributed by atoms with E-state index in [4.69, 9.17) is 11.6 Å².